The van der Waals surface area contributed by atoms with Gasteiger partial charge < -0.3 is 10.2 Å². The molecule has 0 radical (unpaired) electrons. The number of nitrogens with one attached hydrogen (secondary N) is 1. The lowest BCUT2D eigenvalue weighted by molar-refractivity contribution is 0.425. The first-order chi connectivity index (χ1) is 13.6. The summed E-state index contributed by atoms with van der Waals surface area (Å²) >= 11 is 0. The zero-order chi connectivity index (χ0) is 19.5. The van der Waals surface area contributed by atoms with E-state index in [1.54, 1.807) is 0 Å². The summed E-state index contributed by atoms with van der Waals surface area (Å²) in [7, 11) is 4.15. The summed E-state index contributed by atoms with van der Waals surface area (Å²) < 4.78 is 1.93. The van der Waals surface area contributed by atoms with Crippen LogP contribution in [0.1, 0.15) is 5.69 Å². The van der Waals surface area contributed by atoms with Crippen molar-refractivity contribution in [2.75, 3.05) is 32.5 Å². The summed E-state index contributed by atoms with van der Waals surface area (Å²) in [5.74, 6) is 0.955. The molecule has 2 aromatic carbocycles. The molecule has 1 N–H and O–H groups in total. The predicted octanol–water partition coefficient (Wildman–Crippen LogP) is 4.35. The number of likely N-dealkylation sites (N-methyl/N-ethyl adjacent to an activating group) is 1. The van der Waals surface area contributed by atoms with E-state index in [-0.39, 0.29) is 0 Å². The van der Waals surface area contributed by atoms with Crippen LogP contribution in [0.15, 0.2) is 66.7 Å². The quantitative estimate of drug-likeness (QED) is 0.547. The van der Waals surface area contributed by atoms with Crippen LogP contribution in [0.4, 0.5) is 5.82 Å². The zero-order valence-electron chi connectivity index (χ0n) is 16.6. The summed E-state index contributed by atoms with van der Waals surface area (Å²) in [5.41, 5.74) is 6.09. The molecule has 0 aliphatic carbocycles. The molecule has 0 unspecified atom stereocenters. The predicted molar refractivity (Wildman–Crippen MR) is 116 cm³/mol. The van der Waals surface area contributed by atoms with E-state index in [0.717, 1.165) is 52.6 Å². The van der Waals surface area contributed by atoms with E-state index < -0.39 is 0 Å². The third-order valence-electron chi connectivity index (χ3n) is 4.76. The van der Waals surface area contributed by atoms with Crippen LogP contribution < -0.4 is 5.32 Å². The first-order valence-corrected chi connectivity index (χ1v) is 9.53. The average molecular weight is 371 g/mol. The van der Waals surface area contributed by atoms with Gasteiger partial charge in [-0.1, -0.05) is 60.7 Å². The Hall–Kier alpha value is -3.18. The summed E-state index contributed by atoms with van der Waals surface area (Å²) in [4.78, 5) is 7.16. The number of fused-ring (bicyclic) bond motifs is 1. The molecule has 5 heteroatoms. The number of aromatic nitrogens is 3. The highest BCUT2D eigenvalue weighted by Crippen LogP contribution is 2.31. The molecule has 2 aromatic heterocycles. The number of benzene rings is 2. The molecule has 0 spiro atoms. The molecule has 0 saturated carbocycles. The molecular formula is C23H25N5. The molecule has 2 heterocycles. The highest BCUT2D eigenvalue weighted by molar-refractivity contribution is 5.82. The van der Waals surface area contributed by atoms with E-state index in [0.29, 0.717) is 0 Å². The van der Waals surface area contributed by atoms with Crippen molar-refractivity contribution in [3.8, 4) is 22.4 Å². The molecule has 4 aromatic rings. The Morgan fingerprint density at radius 1 is 0.929 bits per heavy atom. The highest BCUT2D eigenvalue weighted by Gasteiger charge is 2.17. The summed E-state index contributed by atoms with van der Waals surface area (Å²) in [6, 6.07) is 22.7. The van der Waals surface area contributed by atoms with Gasteiger partial charge >= 0.3 is 0 Å². The minimum atomic E-state index is 0.833. The van der Waals surface area contributed by atoms with Gasteiger partial charge in [0, 0.05) is 30.3 Å². The fourth-order valence-corrected chi connectivity index (χ4v) is 3.36. The summed E-state index contributed by atoms with van der Waals surface area (Å²) in [6.07, 6.45) is 0. The molecule has 0 saturated heterocycles. The maximum Gasteiger partial charge on any atom is 0.166 e. The second-order valence-electron chi connectivity index (χ2n) is 7.18. The highest BCUT2D eigenvalue weighted by atomic mass is 15.3. The Balaban J connectivity index is 1.89. The van der Waals surface area contributed by atoms with Crippen LogP contribution in [0.25, 0.3) is 28.0 Å². The first-order valence-electron chi connectivity index (χ1n) is 9.53. The molecule has 142 valence electrons. The molecule has 0 aliphatic rings. The Kier molecular flexibility index (Phi) is 5.08. The summed E-state index contributed by atoms with van der Waals surface area (Å²) in [6.45, 7) is 3.82. The molecule has 0 atom stereocenters. The second-order valence-corrected chi connectivity index (χ2v) is 7.18. The van der Waals surface area contributed by atoms with Crippen LogP contribution in [0.5, 0.6) is 0 Å². The van der Waals surface area contributed by atoms with Crippen LogP contribution in [0, 0.1) is 6.92 Å². The number of nitrogens with zero attached hydrogens (tertiary/aromatic N) is 4. The normalized spacial score (nSPS) is 11.3. The van der Waals surface area contributed by atoms with Gasteiger partial charge in [0.1, 0.15) is 5.82 Å². The SMILES string of the molecule is Cc1nn2c(NCCN(C)C)cc(-c3ccccc3)nc2c1-c1ccccc1. The van der Waals surface area contributed by atoms with Gasteiger partial charge in [-0.25, -0.2) is 4.98 Å². The average Bonchev–Trinajstić information content (AvgIpc) is 3.05. The van der Waals surface area contributed by atoms with Gasteiger partial charge in [-0.3, -0.25) is 0 Å². The third kappa shape index (κ3) is 3.62. The van der Waals surface area contributed by atoms with Gasteiger partial charge in [0.25, 0.3) is 0 Å². The van der Waals surface area contributed by atoms with Crippen LogP contribution in [-0.2, 0) is 0 Å². The Bertz CT molecular complexity index is 1070. The number of aryl methyl sites for hydroxylation is 1. The molecule has 5 nitrogen and oxygen atoms in total. The summed E-state index contributed by atoms with van der Waals surface area (Å²) in [5, 5.41) is 8.34. The number of hydrogen-bond acceptors (Lipinski definition) is 4. The lowest BCUT2D eigenvalue weighted by Crippen LogP contribution is -2.21. The molecular weight excluding hydrogens is 346 g/mol. The largest absolute Gasteiger partial charge is 0.369 e. The Labute approximate surface area is 165 Å². The minimum absolute atomic E-state index is 0.833. The molecule has 0 bridgehead atoms. The molecule has 0 fully saturated rings. The van der Waals surface area contributed by atoms with Gasteiger partial charge in [-0.2, -0.15) is 9.61 Å². The van der Waals surface area contributed by atoms with Crippen molar-refractivity contribution in [3.63, 3.8) is 0 Å². The second kappa shape index (κ2) is 7.82. The van der Waals surface area contributed by atoms with Crippen molar-refractivity contribution in [2.45, 2.75) is 6.92 Å². The van der Waals surface area contributed by atoms with E-state index in [1.165, 1.54) is 0 Å². The van der Waals surface area contributed by atoms with E-state index in [4.69, 9.17) is 10.1 Å². The monoisotopic (exact) mass is 371 g/mol. The number of hydrogen-bond donors (Lipinski definition) is 1. The third-order valence-corrected chi connectivity index (χ3v) is 4.76. The van der Waals surface area contributed by atoms with Crippen molar-refractivity contribution >= 4 is 11.5 Å². The maximum atomic E-state index is 5.00. The van der Waals surface area contributed by atoms with Gasteiger partial charge in [-0.15, -0.1) is 0 Å². The first kappa shape index (κ1) is 18.2. The van der Waals surface area contributed by atoms with Crippen molar-refractivity contribution < 1.29 is 0 Å². The van der Waals surface area contributed by atoms with Crippen LogP contribution in [0.2, 0.25) is 0 Å². The maximum absolute atomic E-state index is 5.00. The number of rotatable bonds is 6. The van der Waals surface area contributed by atoms with Crippen molar-refractivity contribution in [2.24, 2.45) is 0 Å². The molecule has 0 amide bonds. The Morgan fingerprint density at radius 2 is 1.57 bits per heavy atom. The lowest BCUT2D eigenvalue weighted by Gasteiger charge is -2.14. The fourth-order valence-electron chi connectivity index (χ4n) is 3.36. The van der Waals surface area contributed by atoms with Gasteiger partial charge in [0.05, 0.1) is 11.4 Å². The van der Waals surface area contributed by atoms with Crippen LogP contribution >= 0.6 is 0 Å². The lowest BCUT2D eigenvalue weighted by atomic mass is 10.1. The fraction of sp³-hybridized carbons (Fsp3) is 0.217. The van der Waals surface area contributed by atoms with Crippen molar-refractivity contribution in [3.05, 3.63) is 72.4 Å². The molecule has 0 aliphatic heterocycles. The molecule has 4 rings (SSSR count). The van der Waals surface area contributed by atoms with Gasteiger partial charge in [0.15, 0.2) is 5.65 Å². The van der Waals surface area contributed by atoms with Crippen molar-refractivity contribution in [1.82, 2.24) is 19.5 Å². The smallest absolute Gasteiger partial charge is 0.166 e. The standard InChI is InChI=1S/C23H25N5/c1-17-22(19-12-8-5-9-13-19)23-25-20(18-10-6-4-7-11-18)16-21(28(23)26-17)24-14-15-27(2)3/h4-13,16,24H,14-15H2,1-3H3. The number of anilines is 1. The Morgan fingerprint density at radius 3 is 2.21 bits per heavy atom. The van der Waals surface area contributed by atoms with Crippen LogP contribution in [-0.4, -0.2) is 46.7 Å². The van der Waals surface area contributed by atoms with E-state index >= 15 is 0 Å². The van der Waals surface area contributed by atoms with Crippen LogP contribution in [0.3, 0.4) is 0 Å². The van der Waals surface area contributed by atoms with Crippen molar-refractivity contribution in [1.29, 1.82) is 0 Å². The minimum Gasteiger partial charge on any atom is -0.369 e. The van der Waals surface area contributed by atoms with E-state index in [9.17, 15) is 0 Å². The van der Waals surface area contributed by atoms with E-state index in [1.807, 2.05) is 35.7 Å². The van der Waals surface area contributed by atoms with Gasteiger partial charge in [0.2, 0.25) is 0 Å². The van der Waals surface area contributed by atoms with Gasteiger partial charge in [-0.05, 0) is 26.6 Å². The zero-order valence-corrected chi connectivity index (χ0v) is 16.6. The topological polar surface area (TPSA) is 45.5 Å². The molecule has 28 heavy (non-hydrogen) atoms. The van der Waals surface area contributed by atoms with E-state index in [2.05, 4.69) is 66.8 Å².